The molecule has 18 heavy (non-hydrogen) atoms. The number of anilines is 1. The molecule has 4 nitrogen and oxygen atoms in total. The van der Waals surface area contributed by atoms with Crippen LogP contribution in [0, 0.1) is 5.82 Å². The third kappa shape index (κ3) is 2.11. The third-order valence-corrected chi connectivity index (χ3v) is 3.55. The minimum Gasteiger partial charge on any atom is -0.328 e. The predicted molar refractivity (Wildman–Crippen MR) is 68.8 cm³/mol. The molecule has 0 aromatic heterocycles. The molecular formula is C13H18FN3O. The minimum absolute atomic E-state index is 0.136. The maximum absolute atomic E-state index is 13.8. The van der Waals surface area contributed by atoms with Crippen LogP contribution < -0.4 is 10.6 Å². The molecule has 1 amide bonds. The van der Waals surface area contributed by atoms with Crippen LogP contribution in [0.1, 0.15) is 6.92 Å². The first-order valence-corrected chi connectivity index (χ1v) is 6.04. The Morgan fingerprint density at radius 1 is 1.44 bits per heavy atom. The molecule has 1 aromatic rings. The van der Waals surface area contributed by atoms with Gasteiger partial charge in [-0.2, -0.15) is 0 Å². The van der Waals surface area contributed by atoms with Gasteiger partial charge in [0.1, 0.15) is 11.9 Å². The molecule has 5 heteroatoms. The van der Waals surface area contributed by atoms with Crippen LogP contribution in [0.15, 0.2) is 24.3 Å². The Morgan fingerprint density at radius 2 is 2.11 bits per heavy atom. The number of benzene rings is 1. The lowest BCUT2D eigenvalue weighted by molar-refractivity contribution is -0.126. The predicted octanol–water partition coefficient (Wildman–Crippen LogP) is 0.820. The third-order valence-electron chi connectivity index (χ3n) is 3.55. The number of likely N-dealkylation sites (N-methyl/N-ethyl adjacent to an activating group) is 1. The number of rotatable bonds is 2. The molecule has 1 aliphatic heterocycles. The van der Waals surface area contributed by atoms with Crippen LogP contribution >= 0.6 is 0 Å². The van der Waals surface area contributed by atoms with Crippen molar-refractivity contribution in [2.75, 3.05) is 25.0 Å². The molecule has 1 heterocycles. The highest BCUT2D eigenvalue weighted by Gasteiger charge is 2.37. The second-order valence-corrected chi connectivity index (χ2v) is 4.67. The number of hydrogen-bond donors (Lipinski definition) is 1. The van der Waals surface area contributed by atoms with E-state index in [-0.39, 0.29) is 30.4 Å². The van der Waals surface area contributed by atoms with Crippen molar-refractivity contribution in [2.45, 2.75) is 19.0 Å². The summed E-state index contributed by atoms with van der Waals surface area (Å²) < 4.78 is 13.8. The zero-order chi connectivity index (χ0) is 13.3. The Labute approximate surface area is 106 Å². The van der Waals surface area contributed by atoms with Gasteiger partial charge in [0.15, 0.2) is 0 Å². The van der Waals surface area contributed by atoms with Crippen molar-refractivity contribution in [3.63, 3.8) is 0 Å². The summed E-state index contributed by atoms with van der Waals surface area (Å²) in [5.74, 6) is -0.512. The molecule has 0 spiro atoms. The Morgan fingerprint density at radius 3 is 2.72 bits per heavy atom. The first-order valence-electron chi connectivity index (χ1n) is 6.04. The normalized spacial score (nSPS) is 25.6. The summed E-state index contributed by atoms with van der Waals surface area (Å²) in [6.45, 7) is 2.72. The fourth-order valence-corrected chi connectivity index (χ4v) is 2.30. The number of piperazine rings is 1. The molecule has 1 aliphatic rings. The van der Waals surface area contributed by atoms with E-state index >= 15 is 0 Å². The Kier molecular flexibility index (Phi) is 3.63. The number of carbonyl (C=O) groups is 1. The van der Waals surface area contributed by atoms with Crippen molar-refractivity contribution in [3.8, 4) is 0 Å². The van der Waals surface area contributed by atoms with E-state index < -0.39 is 0 Å². The van der Waals surface area contributed by atoms with Crippen LogP contribution in [0.2, 0.25) is 0 Å². The molecule has 2 rings (SSSR count). The summed E-state index contributed by atoms with van der Waals surface area (Å²) in [6.07, 6.45) is 0. The fourth-order valence-electron chi connectivity index (χ4n) is 2.30. The lowest BCUT2D eigenvalue weighted by Crippen LogP contribution is -2.62. The van der Waals surface area contributed by atoms with Gasteiger partial charge in [0.2, 0.25) is 5.91 Å². The monoisotopic (exact) mass is 251 g/mol. The van der Waals surface area contributed by atoms with Gasteiger partial charge in [-0.15, -0.1) is 0 Å². The van der Waals surface area contributed by atoms with Gasteiger partial charge in [-0.05, 0) is 26.1 Å². The maximum atomic E-state index is 13.8. The Hall–Kier alpha value is -1.46. The van der Waals surface area contributed by atoms with Crippen molar-refractivity contribution in [3.05, 3.63) is 30.1 Å². The highest BCUT2D eigenvalue weighted by Crippen LogP contribution is 2.24. The van der Waals surface area contributed by atoms with Gasteiger partial charge in [0.05, 0.1) is 5.69 Å². The van der Waals surface area contributed by atoms with Crippen molar-refractivity contribution in [1.82, 2.24) is 4.90 Å². The summed E-state index contributed by atoms with van der Waals surface area (Å²) in [7, 11) is 1.87. The molecule has 0 aliphatic carbocycles. The number of hydrogen-bond acceptors (Lipinski definition) is 3. The second-order valence-electron chi connectivity index (χ2n) is 4.67. The van der Waals surface area contributed by atoms with Crippen LogP contribution in [0.25, 0.3) is 0 Å². The topological polar surface area (TPSA) is 49.6 Å². The molecule has 0 saturated carbocycles. The zero-order valence-corrected chi connectivity index (χ0v) is 10.6. The number of para-hydroxylation sites is 1. The van der Waals surface area contributed by atoms with Crippen LogP contribution in [0.3, 0.4) is 0 Å². The largest absolute Gasteiger partial charge is 0.328 e. The Balaban J connectivity index is 2.34. The van der Waals surface area contributed by atoms with E-state index in [4.69, 9.17) is 5.73 Å². The van der Waals surface area contributed by atoms with E-state index in [1.54, 1.807) is 18.2 Å². The van der Waals surface area contributed by atoms with E-state index in [1.165, 1.54) is 11.0 Å². The summed E-state index contributed by atoms with van der Waals surface area (Å²) >= 11 is 0. The fraction of sp³-hybridized carbons (Fsp3) is 0.462. The number of nitrogens with zero attached hydrogens (tertiary/aromatic N) is 2. The highest BCUT2D eigenvalue weighted by molar-refractivity contribution is 5.98. The number of carbonyl (C=O) groups excluding carboxylic acids is 1. The van der Waals surface area contributed by atoms with Crippen LogP contribution in [-0.2, 0) is 4.79 Å². The molecule has 1 fully saturated rings. The number of amides is 1. The highest BCUT2D eigenvalue weighted by atomic mass is 19.1. The summed E-state index contributed by atoms with van der Waals surface area (Å²) in [6, 6.07) is 6.10. The van der Waals surface area contributed by atoms with Crippen molar-refractivity contribution in [1.29, 1.82) is 0 Å². The van der Waals surface area contributed by atoms with E-state index in [9.17, 15) is 9.18 Å². The molecule has 1 saturated heterocycles. The van der Waals surface area contributed by atoms with Crippen LogP contribution in [-0.4, -0.2) is 43.0 Å². The maximum Gasteiger partial charge on any atom is 0.245 e. The first kappa shape index (κ1) is 13.0. The van der Waals surface area contributed by atoms with E-state index in [0.717, 1.165) is 0 Å². The minimum atomic E-state index is -0.381. The molecule has 1 aromatic carbocycles. The number of halogens is 1. The van der Waals surface area contributed by atoms with Gasteiger partial charge in [0, 0.05) is 19.1 Å². The van der Waals surface area contributed by atoms with E-state index in [1.807, 2.05) is 18.9 Å². The van der Waals surface area contributed by atoms with Crippen LogP contribution in [0.4, 0.5) is 10.1 Å². The molecule has 2 N–H and O–H groups in total. The van der Waals surface area contributed by atoms with Gasteiger partial charge < -0.3 is 10.6 Å². The van der Waals surface area contributed by atoms with Gasteiger partial charge in [-0.3, -0.25) is 9.69 Å². The van der Waals surface area contributed by atoms with E-state index in [2.05, 4.69) is 0 Å². The van der Waals surface area contributed by atoms with Gasteiger partial charge >= 0.3 is 0 Å². The lowest BCUT2D eigenvalue weighted by atomic mass is 10.1. The smallest absolute Gasteiger partial charge is 0.245 e. The molecule has 2 unspecified atom stereocenters. The van der Waals surface area contributed by atoms with Gasteiger partial charge in [0.25, 0.3) is 0 Å². The van der Waals surface area contributed by atoms with Crippen molar-refractivity contribution < 1.29 is 9.18 Å². The standard InChI is InChI=1S/C13H18FN3O/c1-9-8-17(11-6-4-3-5-10(11)14)13(18)12(7-15)16(9)2/h3-6,9,12H,7-8,15H2,1-2H3. The molecule has 0 bridgehead atoms. The average Bonchev–Trinajstić information content (AvgIpc) is 2.36. The van der Waals surface area contributed by atoms with Crippen molar-refractivity contribution >= 4 is 11.6 Å². The van der Waals surface area contributed by atoms with E-state index in [0.29, 0.717) is 12.2 Å². The van der Waals surface area contributed by atoms with Gasteiger partial charge in [-0.25, -0.2) is 4.39 Å². The Bertz CT molecular complexity index is 452. The summed E-state index contributed by atoms with van der Waals surface area (Å²) in [4.78, 5) is 15.7. The second kappa shape index (κ2) is 5.04. The van der Waals surface area contributed by atoms with Crippen LogP contribution in [0.5, 0.6) is 0 Å². The van der Waals surface area contributed by atoms with Gasteiger partial charge in [-0.1, -0.05) is 12.1 Å². The number of nitrogens with two attached hydrogens (primary N) is 1. The summed E-state index contributed by atoms with van der Waals surface area (Å²) in [5.41, 5.74) is 5.98. The summed E-state index contributed by atoms with van der Waals surface area (Å²) in [5, 5.41) is 0. The quantitative estimate of drug-likeness (QED) is 0.846. The molecule has 98 valence electrons. The zero-order valence-electron chi connectivity index (χ0n) is 10.6. The average molecular weight is 251 g/mol. The van der Waals surface area contributed by atoms with Crippen molar-refractivity contribution in [2.24, 2.45) is 5.73 Å². The molecular weight excluding hydrogens is 233 g/mol. The molecule has 2 atom stereocenters. The first-order chi connectivity index (χ1) is 8.56. The molecule has 0 radical (unpaired) electrons. The lowest BCUT2D eigenvalue weighted by Gasteiger charge is -2.42. The SMILES string of the molecule is CC1CN(c2ccccc2F)C(=O)C(CN)N1C.